The largest absolute Gasteiger partial charge is 0.326 e. The van der Waals surface area contributed by atoms with Crippen molar-refractivity contribution in [2.75, 3.05) is 13.1 Å². The van der Waals surface area contributed by atoms with Gasteiger partial charge in [-0.05, 0) is 30.5 Å². The fraction of sp³-hybridized carbons (Fsp3) is 0.450. The monoisotopic (exact) mass is 356 g/mol. The lowest BCUT2D eigenvalue weighted by atomic mass is 9.81. The quantitative estimate of drug-likeness (QED) is 0.599. The van der Waals surface area contributed by atoms with E-state index < -0.39 is 0 Å². The van der Waals surface area contributed by atoms with E-state index in [1.165, 1.54) is 17.0 Å². The predicted molar refractivity (Wildman–Crippen MR) is 92.8 cm³/mol. The maximum Gasteiger partial charge on any atom is 0.243 e. The van der Waals surface area contributed by atoms with E-state index in [4.69, 9.17) is 6.42 Å². The van der Waals surface area contributed by atoms with Gasteiger partial charge in [-0.1, -0.05) is 30.9 Å². The second-order valence-corrected chi connectivity index (χ2v) is 6.84. The topological polar surface area (TPSA) is 57.7 Å². The molecule has 1 aromatic carbocycles. The lowest BCUT2D eigenvalue weighted by molar-refractivity contribution is -0.146. The van der Waals surface area contributed by atoms with E-state index >= 15 is 0 Å². The maximum atomic E-state index is 13.0. The number of hydrogen-bond acceptors (Lipinski definition) is 3. The van der Waals surface area contributed by atoms with Crippen LogP contribution in [0.2, 0.25) is 0 Å². The van der Waals surface area contributed by atoms with Gasteiger partial charge in [-0.15, -0.1) is 6.42 Å². The molecular formula is C20H21FN2O3. The number of terminal acetylenes is 1. The molecule has 0 bridgehead atoms. The van der Waals surface area contributed by atoms with E-state index in [2.05, 4.69) is 5.92 Å². The molecule has 3 rings (SSSR count). The van der Waals surface area contributed by atoms with Crippen molar-refractivity contribution in [2.45, 2.75) is 32.2 Å². The Balaban J connectivity index is 1.69. The van der Waals surface area contributed by atoms with Crippen LogP contribution in [0.25, 0.3) is 0 Å². The van der Waals surface area contributed by atoms with E-state index in [0.717, 1.165) is 23.3 Å². The Morgan fingerprint density at radius 3 is 2.27 bits per heavy atom. The zero-order valence-electron chi connectivity index (χ0n) is 14.5. The van der Waals surface area contributed by atoms with Crippen LogP contribution in [0.5, 0.6) is 0 Å². The molecule has 0 spiro atoms. The van der Waals surface area contributed by atoms with Crippen molar-refractivity contribution in [3.05, 3.63) is 35.6 Å². The Bertz CT molecular complexity index is 729. The number of halogens is 1. The molecule has 1 aliphatic heterocycles. The van der Waals surface area contributed by atoms with Gasteiger partial charge in [-0.2, -0.15) is 0 Å². The molecule has 26 heavy (non-hydrogen) atoms. The predicted octanol–water partition coefficient (Wildman–Crippen LogP) is 1.96. The number of carbonyl (C=O) groups excluding carboxylic acids is 3. The molecule has 0 radical (unpaired) electrons. The van der Waals surface area contributed by atoms with Crippen molar-refractivity contribution in [3.8, 4) is 12.3 Å². The van der Waals surface area contributed by atoms with Crippen LogP contribution < -0.4 is 0 Å². The highest BCUT2D eigenvalue weighted by molar-refractivity contribution is 6.07. The summed E-state index contributed by atoms with van der Waals surface area (Å²) in [5, 5.41) is 0. The minimum atomic E-state index is -0.382. The lowest BCUT2D eigenvalue weighted by Gasteiger charge is -2.23. The number of nitrogens with zero attached hydrogens (tertiary/aromatic N) is 2. The Labute approximate surface area is 152 Å². The summed E-state index contributed by atoms with van der Waals surface area (Å²) >= 11 is 0. The van der Waals surface area contributed by atoms with Crippen molar-refractivity contribution in [1.29, 1.82) is 0 Å². The van der Waals surface area contributed by atoms with Gasteiger partial charge in [0.15, 0.2) is 0 Å². The van der Waals surface area contributed by atoms with Crippen molar-refractivity contribution in [1.82, 2.24) is 9.80 Å². The average Bonchev–Trinajstić information content (AvgIpc) is 2.88. The van der Waals surface area contributed by atoms with E-state index in [1.807, 2.05) is 0 Å². The number of fused-ring (bicyclic) bond motifs is 1. The van der Waals surface area contributed by atoms with Gasteiger partial charge in [-0.3, -0.25) is 19.3 Å². The Hall–Kier alpha value is -2.68. The first-order valence-corrected chi connectivity index (χ1v) is 8.82. The molecule has 1 aromatic rings. The number of hydrogen-bond donors (Lipinski definition) is 0. The smallest absolute Gasteiger partial charge is 0.243 e. The van der Waals surface area contributed by atoms with Crippen molar-refractivity contribution >= 4 is 17.7 Å². The highest BCUT2D eigenvalue weighted by Crippen LogP contribution is 2.37. The van der Waals surface area contributed by atoms with Gasteiger partial charge in [0.1, 0.15) is 12.4 Å². The average molecular weight is 356 g/mol. The Kier molecular flexibility index (Phi) is 5.36. The van der Waals surface area contributed by atoms with Crippen molar-refractivity contribution in [2.24, 2.45) is 11.8 Å². The van der Waals surface area contributed by atoms with Gasteiger partial charge >= 0.3 is 0 Å². The molecule has 1 heterocycles. The SMILES string of the molecule is C#CCN(Cc1ccc(F)cc1)C(=O)CN1C(=O)C2CCCCC2C1=O. The summed E-state index contributed by atoms with van der Waals surface area (Å²) in [6, 6.07) is 5.78. The lowest BCUT2D eigenvalue weighted by Crippen LogP contribution is -2.43. The summed E-state index contributed by atoms with van der Waals surface area (Å²) < 4.78 is 13.0. The fourth-order valence-electron chi connectivity index (χ4n) is 3.77. The molecule has 2 fully saturated rings. The van der Waals surface area contributed by atoms with Crippen LogP contribution >= 0.6 is 0 Å². The molecule has 1 saturated carbocycles. The van der Waals surface area contributed by atoms with Gasteiger partial charge in [0.05, 0.1) is 18.4 Å². The molecule has 6 heteroatoms. The number of rotatable bonds is 5. The van der Waals surface area contributed by atoms with Crippen LogP contribution in [0.1, 0.15) is 31.2 Å². The molecule has 2 aliphatic rings. The summed E-state index contributed by atoms with van der Waals surface area (Å²) in [7, 11) is 0. The van der Waals surface area contributed by atoms with E-state index in [0.29, 0.717) is 12.8 Å². The van der Waals surface area contributed by atoms with E-state index in [1.54, 1.807) is 12.1 Å². The molecule has 0 aromatic heterocycles. The zero-order valence-corrected chi connectivity index (χ0v) is 14.5. The third-order valence-electron chi connectivity index (χ3n) is 5.15. The number of imide groups is 1. The second-order valence-electron chi connectivity index (χ2n) is 6.84. The minimum Gasteiger partial charge on any atom is -0.326 e. The first-order valence-electron chi connectivity index (χ1n) is 8.82. The van der Waals surface area contributed by atoms with Gasteiger partial charge in [-0.25, -0.2) is 4.39 Å². The molecule has 1 aliphatic carbocycles. The third kappa shape index (κ3) is 3.62. The second kappa shape index (κ2) is 7.69. The van der Waals surface area contributed by atoms with Crippen LogP contribution in [0.15, 0.2) is 24.3 Å². The molecule has 5 nitrogen and oxygen atoms in total. The first-order chi connectivity index (χ1) is 12.5. The maximum absolute atomic E-state index is 13.0. The molecule has 2 atom stereocenters. The normalized spacial score (nSPS) is 22.1. The number of benzene rings is 1. The summed E-state index contributed by atoms with van der Waals surface area (Å²) in [6.45, 7) is -0.0286. The molecular weight excluding hydrogens is 335 g/mol. The van der Waals surface area contributed by atoms with Crippen molar-refractivity contribution < 1.29 is 18.8 Å². The molecule has 0 N–H and O–H groups in total. The number of carbonyl (C=O) groups is 3. The fourth-order valence-corrected chi connectivity index (χ4v) is 3.77. The third-order valence-corrected chi connectivity index (χ3v) is 5.15. The van der Waals surface area contributed by atoms with Gasteiger partial charge in [0.25, 0.3) is 0 Å². The minimum absolute atomic E-state index is 0.0548. The van der Waals surface area contributed by atoms with Crippen LogP contribution in [0.3, 0.4) is 0 Å². The Morgan fingerprint density at radius 1 is 1.15 bits per heavy atom. The summed E-state index contributed by atoms with van der Waals surface area (Å²) in [5.74, 6) is 0.645. The highest BCUT2D eigenvalue weighted by Gasteiger charge is 2.48. The zero-order chi connectivity index (χ0) is 18.7. The molecule has 136 valence electrons. The standard InChI is InChI=1S/C20H21FN2O3/c1-2-11-22(12-14-7-9-15(21)10-8-14)18(24)13-23-19(25)16-5-3-4-6-17(16)20(23)26/h1,7-10,16-17H,3-6,11-13H2. The summed E-state index contributed by atoms with van der Waals surface area (Å²) in [5.41, 5.74) is 0.725. The van der Waals surface area contributed by atoms with Crippen LogP contribution in [0.4, 0.5) is 4.39 Å². The van der Waals surface area contributed by atoms with Gasteiger partial charge in [0.2, 0.25) is 17.7 Å². The van der Waals surface area contributed by atoms with E-state index in [-0.39, 0.29) is 55.0 Å². The highest BCUT2D eigenvalue weighted by atomic mass is 19.1. The summed E-state index contributed by atoms with van der Waals surface area (Å²) in [4.78, 5) is 40.2. The number of likely N-dealkylation sites (tertiary alicyclic amines) is 1. The van der Waals surface area contributed by atoms with E-state index in [9.17, 15) is 18.8 Å². The molecule has 1 saturated heterocycles. The van der Waals surface area contributed by atoms with Crippen LogP contribution in [0, 0.1) is 30.0 Å². The molecule has 3 amide bonds. The van der Waals surface area contributed by atoms with Gasteiger partial charge < -0.3 is 4.90 Å². The summed E-state index contributed by atoms with van der Waals surface area (Å²) in [6.07, 6.45) is 8.66. The van der Waals surface area contributed by atoms with Crippen LogP contribution in [-0.4, -0.2) is 40.6 Å². The Morgan fingerprint density at radius 2 is 1.73 bits per heavy atom. The van der Waals surface area contributed by atoms with Crippen LogP contribution in [-0.2, 0) is 20.9 Å². The first kappa shape index (κ1) is 18.1. The van der Waals surface area contributed by atoms with Gasteiger partial charge in [0, 0.05) is 6.54 Å². The number of amides is 3. The van der Waals surface area contributed by atoms with Crippen molar-refractivity contribution in [3.63, 3.8) is 0 Å². The molecule has 2 unspecified atom stereocenters.